The summed E-state index contributed by atoms with van der Waals surface area (Å²) in [6.07, 6.45) is 1.54. The summed E-state index contributed by atoms with van der Waals surface area (Å²) in [5.41, 5.74) is 9.03. The van der Waals surface area contributed by atoms with Gasteiger partial charge in [0.15, 0.2) is 5.76 Å². The zero-order valence-electron chi connectivity index (χ0n) is 8.66. The first-order chi connectivity index (χ1) is 7.81. The lowest BCUT2D eigenvalue weighted by Crippen LogP contribution is -2.08. The SMILES string of the molecule is N#CC1=C(N)c2oc3ccccc3c2CC1. The lowest BCUT2D eigenvalue weighted by Gasteiger charge is -2.11. The first-order valence-electron chi connectivity index (χ1n) is 5.20. The minimum atomic E-state index is 0.500. The number of furan rings is 1. The number of allylic oxidation sites excluding steroid dienone is 1. The van der Waals surface area contributed by atoms with Crippen LogP contribution in [0.2, 0.25) is 0 Å². The lowest BCUT2D eigenvalue weighted by atomic mass is 9.94. The maximum atomic E-state index is 8.93. The van der Waals surface area contributed by atoms with Gasteiger partial charge in [0, 0.05) is 10.9 Å². The molecule has 1 heterocycles. The van der Waals surface area contributed by atoms with Crippen LogP contribution in [0, 0.1) is 11.3 Å². The van der Waals surface area contributed by atoms with Gasteiger partial charge in [0.05, 0.1) is 17.3 Å². The smallest absolute Gasteiger partial charge is 0.155 e. The van der Waals surface area contributed by atoms with Crippen LogP contribution in [-0.4, -0.2) is 0 Å². The van der Waals surface area contributed by atoms with E-state index in [9.17, 15) is 0 Å². The third-order valence-electron chi connectivity index (χ3n) is 3.03. The molecule has 3 nitrogen and oxygen atoms in total. The second-order valence-corrected chi connectivity index (χ2v) is 3.91. The molecule has 0 bridgehead atoms. The van der Waals surface area contributed by atoms with E-state index in [0.717, 1.165) is 23.0 Å². The third-order valence-corrected chi connectivity index (χ3v) is 3.03. The molecule has 0 unspecified atom stereocenters. The highest BCUT2D eigenvalue weighted by Gasteiger charge is 2.22. The first-order valence-corrected chi connectivity index (χ1v) is 5.20. The molecule has 0 saturated carbocycles. The van der Waals surface area contributed by atoms with Gasteiger partial charge in [-0.3, -0.25) is 0 Å². The molecule has 3 rings (SSSR count). The van der Waals surface area contributed by atoms with Crippen LogP contribution in [0.4, 0.5) is 0 Å². The van der Waals surface area contributed by atoms with E-state index in [0.29, 0.717) is 23.5 Å². The number of benzene rings is 1. The van der Waals surface area contributed by atoms with E-state index in [-0.39, 0.29) is 0 Å². The molecular formula is C13H10N2O. The second-order valence-electron chi connectivity index (χ2n) is 3.91. The van der Waals surface area contributed by atoms with Gasteiger partial charge in [-0.1, -0.05) is 18.2 Å². The van der Waals surface area contributed by atoms with Crippen LogP contribution in [0.3, 0.4) is 0 Å². The van der Waals surface area contributed by atoms with Gasteiger partial charge in [-0.05, 0) is 18.9 Å². The molecule has 0 spiro atoms. The second kappa shape index (κ2) is 3.14. The van der Waals surface area contributed by atoms with Crippen LogP contribution >= 0.6 is 0 Å². The Labute approximate surface area is 92.8 Å². The van der Waals surface area contributed by atoms with Crippen molar-refractivity contribution in [2.45, 2.75) is 12.8 Å². The molecule has 0 radical (unpaired) electrons. The van der Waals surface area contributed by atoms with Gasteiger partial charge in [0.2, 0.25) is 0 Å². The molecule has 1 aliphatic rings. The van der Waals surface area contributed by atoms with Crippen molar-refractivity contribution in [2.75, 3.05) is 0 Å². The van der Waals surface area contributed by atoms with Crippen LogP contribution in [-0.2, 0) is 6.42 Å². The molecule has 1 aromatic carbocycles. The summed E-state index contributed by atoms with van der Waals surface area (Å²) in [5.74, 6) is 0.684. The number of nitrogens with zero attached hydrogens (tertiary/aromatic N) is 1. The summed E-state index contributed by atoms with van der Waals surface area (Å²) in [4.78, 5) is 0. The van der Waals surface area contributed by atoms with E-state index in [1.807, 2.05) is 24.3 Å². The van der Waals surface area contributed by atoms with E-state index in [1.54, 1.807) is 0 Å². The Balaban J connectivity index is 2.35. The molecular weight excluding hydrogens is 200 g/mol. The molecule has 0 amide bonds. The topological polar surface area (TPSA) is 63.0 Å². The fourth-order valence-electron chi connectivity index (χ4n) is 2.20. The Morgan fingerprint density at radius 2 is 2.06 bits per heavy atom. The maximum Gasteiger partial charge on any atom is 0.155 e. The number of rotatable bonds is 0. The van der Waals surface area contributed by atoms with Crippen molar-refractivity contribution in [2.24, 2.45) is 5.73 Å². The number of nitrogens with two attached hydrogens (primary N) is 1. The highest BCUT2D eigenvalue weighted by molar-refractivity contribution is 5.88. The Kier molecular flexibility index (Phi) is 1.78. The average molecular weight is 210 g/mol. The quantitative estimate of drug-likeness (QED) is 0.726. The minimum absolute atomic E-state index is 0.500. The van der Waals surface area contributed by atoms with Gasteiger partial charge in [-0.2, -0.15) is 5.26 Å². The fraction of sp³-hybridized carbons (Fsp3) is 0.154. The number of hydrogen-bond donors (Lipinski definition) is 1. The molecule has 0 fully saturated rings. The predicted molar refractivity (Wildman–Crippen MR) is 61.3 cm³/mol. The zero-order chi connectivity index (χ0) is 11.1. The normalized spacial score (nSPS) is 14.9. The summed E-state index contributed by atoms with van der Waals surface area (Å²) in [6, 6.07) is 10.0. The minimum Gasteiger partial charge on any atom is -0.454 e. The van der Waals surface area contributed by atoms with Gasteiger partial charge in [0.25, 0.3) is 0 Å². The standard InChI is InChI=1S/C13H10N2O/c14-7-8-5-6-10-9-3-1-2-4-11(9)16-13(10)12(8)15/h1-4H,5-6,15H2. The maximum absolute atomic E-state index is 8.93. The largest absolute Gasteiger partial charge is 0.454 e. The van der Waals surface area contributed by atoms with E-state index in [2.05, 4.69) is 6.07 Å². The summed E-state index contributed by atoms with van der Waals surface area (Å²) < 4.78 is 5.70. The highest BCUT2D eigenvalue weighted by Crippen LogP contribution is 2.35. The molecule has 16 heavy (non-hydrogen) atoms. The van der Waals surface area contributed by atoms with E-state index in [1.165, 1.54) is 0 Å². The van der Waals surface area contributed by atoms with Crippen molar-refractivity contribution in [3.05, 3.63) is 41.2 Å². The van der Waals surface area contributed by atoms with Crippen molar-refractivity contribution < 1.29 is 4.42 Å². The zero-order valence-corrected chi connectivity index (χ0v) is 8.66. The van der Waals surface area contributed by atoms with Crippen molar-refractivity contribution in [1.29, 1.82) is 5.26 Å². The Morgan fingerprint density at radius 1 is 1.25 bits per heavy atom. The van der Waals surface area contributed by atoms with Crippen molar-refractivity contribution in [3.63, 3.8) is 0 Å². The van der Waals surface area contributed by atoms with Crippen LogP contribution in [0.5, 0.6) is 0 Å². The van der Waals surface area contributed by atoms with Gasteiger partial charge in [0.1, 0.15) is 5.58 Å². The summed E-state index contributed by atoms with van der Waals surface area (Å²) >= 11 is 0. The Bertz CT molecular complexity index is 643. The summed E-state index contributed by atoms with van der Waals surface area (Å²) in [6.45, 7) is 0. The summed E-state index contributed by atoms with van der Waals surface area (Å²) in [7, 11) is 0. The fourth-order valence-corrected chi connectivity index (χ4v) is 2.20. The van der Waals surface area contributed by atoms with E-state index < -0.39 is 0 Å². The number of nitriles is 1. The molecule has 3 heteroatoms. The van der Waals surface area contributed by atoms with E-state index >= 15 is 0 Å². The lowest BCUT2D eigenvalue weighted by molar-refractivity contribution is 0.587. The number of hydrogen-bond acceptors (Lipinski definition) is 3. The molecule has 0 saturated heterocycles. The van der Waals surface area contributed by atoms with Gasteiger partial charge >= 0.3 is 0 Å². The molecule has 1 aromatic heterocycles. The predicted octanol–water partition coefficient (Wildman–Crippen LogP) is 2.57. The number of aryl methyl sites for hydroxylation is 1. The van der Waals surface area contributed by atoms with Crippen molar-refractivity contribution in [1.82, 2.24) is 0 Å². The Morgan fingerprint density at radius 3 is 2.88 bits per heavy atom. The average Bonchev–Trinajstić information content (AvgIpc) is 2.69. The summed E-state index contributed by atoms with van der Waals surface area (Å²) in [5, 5.41) is 10.0. The van der Waals surface area contributed by atoms with Gasteiger partial charge < -0.3 is 10.2 Å². The van der Waals surface area contributed by atoms with Crippen LogP contribution < -0.4 is 5.73 Å². The molecule has 2 aromatic rings. The van der Waals surface area contributed by atoms with Crippen LogP contribution in [0.1, 0.15) is 17.7 Å². The number of para-hydroxylation sites is 1. The highest BCUT2D eigenvalue weighted by atomic mass is 16.3. The van der Waals surface area contributed by atoms with Crippen LogP contribution in [0.25, 0.3) is 16.7 Å². The molecule has 2 N–H and O–H groups in total. The van der Waals surface area contributed by atoms with Crippen molar-refractivity contribution >= 4 is 16.7 Å². The van der Waals surface area contributed by atoms with Crippen molar-refractivity contribution in [3.8, 4) is 6.07 Å². The molecule has 1 aliphatic carbocycles. The van der Waals surface area contributed by atoms with E-state index in [4.69, 9.17) is 15.4 Å². The molecule has 0 atom stereocenters. The molecule has 0 aliphatic heterocycles. The monoisotopic (exact) mass is 210 g/mol. The number of fused-ring (bicyclic) bond motifs is 3. The Hall–Kier alpha value is -2.21. The molecule has 78 valence electrons. The van der Waals surface area contributed by atoms with Crippen LogP contribution in [0.15, 0.2) is 34.3 Å². The van der Waals surface area contributed by atoms with Gasteiger partial charge in [-0.15, -0.1) is 0 Å². The third kappa shape index (κ3) is 1.07. The van der Waals surface area contributed by atoms with Gasteiger partial charge in [-0.25, -0.2) is 0 Å². The first kappa shape index (κ1) is 9.05.